The van der Waals surface area contributed by atoms with Gasteiger partial charge in [-0.25, -0.2) is 4.79 Å². The van der Waals surface area contributed by atoms with Gasteiger partial charge in [0, 0.05) is 11.8 Å². The number of amides is 1. The summed E-state index contributed by atoms with van der Waals surface area (Å²) >= 11 is 11.9. The van der Waals surface area contributed by atoms with Crippen molar-refractivity contribution in [1.82, 2.24) is 5.32 Å². The van der Waals surface area contributed by atoms with Crippen LogP contribution in [0, 0.1) is 11.8 Å². The van der Waals surface area contributed by atoms with Crippen molar-refractivity contribution < 1.29 is 24.5 Å². The van der Waals surface area contributed by atoms with Crippen LogP contribution in [-0.4, -0.2) is 56.7 Å². The highest BCUT2D eigenvalue weighted by Crippen LogP contribution is 2.53. The van der Waals surface area contributed by atoms with Crippen molar-refractivity contribution in [3.8, 4) is 0 Å². The van der Waals surface area contributed by atoms with E-state index in [1.807, 2.05) is 6.92 Å². The Morgan fingerprint density at radius 2 is 1.92 bits per heavy atom. The van der Waals surface area contributed by atoms with Crippen LogP contribution in [0.25, 0.3) is 0 Å². The number of carbonyl (C=O) groups is 2. The minimum absolute atomic E-state index is 0.233. The molecule has 1 amide bonds. The molecule has 3 N–H and O–H groups in total. The normalized spacial score (nSPS) is 36.9. The molecule has 0 aliphatic carbocycles. The zero-order valence-electron chi connectivity index (χ0n) is 14.1. The fraction of sp³-hybridized carbons (Fsp3) is 0.875. The van der Waals surface area contributed by atoms with Gasteiger partial charge in [0.15, 0.2) is 5.60 Å². The number of halogens is 2. The smallest absolute Gasteiger partial charge is 0.339 e. The highest BCUT2D eigenvalue weighted by molar-refractivity contribution is 6.21. The van der Waals surface area contributed by atoms with Crippen molar-refractivity contribution in [3.63, 3.8) is 0 Å². The predicted octanol–water partition coefficient (Wildman–Crippen LogP) is 1.18. The molecule has 0 aromatic heterocycles. The maximum absolute atomic E-state index is 12.4. The van der Waals surface area contributed by atoms with Crippen LogP contribution in [0.2, 0.25) is 0 Å². The minimum Gasteiger partial charge on any atom is -0.453 e. The molecular formula is C16H25Cl2NO5. The standard InChI is InChI=1S/C16H25Cl2NO5/c1-4-8(11(20)10(18)5-2)12(21)16-14(23)24-15(16,3)9(6-7-17)13(22)19-16/h8-12,20-21H,4-7H2,1-3H3,(H,19,22)/t8-,9-,10?,11?,12-,15-,16-/m0/s1. The Morgan fingerprint density at radius 3 is 2.38 bits per heavy atom. The summed E-state index contributed by atoms with van der Waals surface area (Å²) in [7, 11) is 0. The Bertz CT molecular complexity index is 519. The van der Waals surface area contributed by atoms with Gasteiger partial charge in [-0.15, -0.1) is 23.2 Å². The first-order valence-electron chi connectivity index (χ1n) is 8.32. The van der Waals surface area contributed by atoms with E-state index < -0.39 is 46.5 Å². The van der Waals surface area contributed by atoms with Gasteiger partial charge in [0.25, 0.3) is 0 Å². The van der Waals surface area contributed by atoms with Gasteiger partial charge in [0.2, 0.25) is 11.4 Å². The fourth-order valence-corrected chi connectivity index (χ4v) is 4.45. The highest BCUT2D eigenvalue weighted by atomic mass is 35.5. The molecule has 0 bridgehead atoms. The monoisotopic (exact) mass is 381 g/mol. The third-order valence-electron chi connectivity index (χ3n) is 5.63. The summed E-state index contributed by atoms with van der Waals surface area (Å²) in [5.41, 5.74) is -2.75. The number of aliphatic hydroxyl groups excluding tert-OH is 2. The molecule has 0 radical (unpaired) electrons. The number of hydrogen-bond donors (Lipinski definition) is 3. The van der Waals surface area contributed by atoms with Gasteiger partial charge in [-0.3, -0.25) is 4.79 Å². The molecule has 0 aromatic carbocycles. The maximum Gasteiger partial charge on any atom is 0.339 e. The second kappa shape index (κ2) is 6.98. The van der Waals surface area contributed by atoms with Gasteiger partial charge in [-0.05, 0) is 26.2 Å². The van der Waals surface area contributed by atoms with Gasteiger partial charge in [0.05, 0.1) is 23.5 Å². The number of alkyl halides is 2. The predicted molar refractivity (Wildman–Crippen MR) is 89.9 cm³/mol. The number of ether oxygens (including phenoxy) is 1. The zero-order chi connectivity index (χ0) is 18.3. The van der Waals surface area contributed by atoms with E-state index in [9.17, 15) is 19.8 Å². The summed E-state index contributed by atoms with van der Waals surface area (Å²) in [6, 6.07) is 0. The average Bonchev–Trinajstić information content (AvgIpc) is 2.72. The van der Waals surface area contributed by atoms with E-state index in [1.165, 1.54) is 0 Å². The van der Waals surface area contributed by atoms with Crippen molar-refractivity contribution in [2.75, 3.05) is 5.88 Å². The molecule has 2 rings (SSSR count). The summed E-state index contributed by atoms with van der Waals surface area (Å²) in [5, 5.41) is 23.5. The van der Waals surface area contributed by atoms with Crippen LogP contribution in [-0.2, 0) is 14.3 Å². The summed E-state index contributed by atoms with van der Waals surface area (Å²) < 4.78 is 5.32. The molecule has 138 valence electrons. The molecule has 8 heteroatoms. The Labute approximate surface area is 151 Å². The van der Waals surface area contributed by atoms with Crippen LogP contribution >= 0.6 is 23.2 Å². The van der Waals surface area contributed by atoms with Crippen LogP contribution < -0.4 is 5.32 Å². The van der Waals surface area contributed by atoms with Gasteiger partial charge in [-0.2, -0.15) is 0 Å². The van der Waals surface area contributed by atoms with E-state index in [4.69, 9.17) is 27.9 Å². The minimum atomic E-state index is -1.56. The number of nitrogens with one attached hydrogen (secondary N) is 1. The largest absolute Gasteiger partial charge is 0.453 e. The molecule has 2 heterocycles. The Balaban J connectivity index is 2.37. The molecule has 2 aliphatic rings. The quantitative estimate of drug-likeness (QED) is 0.433. The lowest BCUT2D eigenvalue weighted by atomic mass is 9.64. The Kier molecular flexibility index (Phi) is 5.75. The first kappa shape index (κ1) is 19.8. The number of carbonyl (C=O) groups excluding carboxylic acids is 2. The lowest BCUT2D eigenvalue weighted by molar-refractivity contribution is -0.242. The van der Waals surface area contributed by atoms with Crippen LogP contribution in [0.5, 0.6) is 0 Å². The topological polar surface area (TPSA) is 95.9 Å². The summed E-state index contributed by atoms with van der Waals surface area (Å²) in [6.45, 7) is 5.25. The van der Waals surface area contributed by atoms with E-state index in [1.54, 1.807) is 13.8 Å². The first-order valence-corrected chi connectivity index (χ1v) is 9.29. The molecular weight excluding hydrogens is 357 g/mol. The second-order valence-corrected chi connectivity index (χ2v) is 7.69. The SMILES string of the molecule is CCC(Cl)C(O)[C@H](CC)[C@H](O)[C@@]12NC(=O)[C@H](CCCl)[C@]1(C)OC2=O. The number of hydrogen-bond acceptors (Lipinski definition) is 5. The first-order chi connectivity index (χ1) is 11.2. The van der Waals surface area contributed by atoms with Crippen LogP contribution in [0.15, 0.2) is 0 Å². The fourth-order valence-electron chi connectivity index (χ4n) is 4.05. The number of rotatable bonds is 8. The van der Waals surface area contributed by atoms with Gasteiger partial charge in [-0.1, -0.05) is 13.8 Å². The molecule has 7 atom stereocenters. The Hall–Kier alpha value is -0.560. The molecule has 2 saturated heterocycles. The van der Waals surface area contributed by atoms with Crippen molar-refractivity contribution in [1.29, 1.82) is 0 Å². The lowest BCUT2D eigenvalue weighted by Crippen LogP contribution is -2.80. The second-order valence-electron chi connectivity index (χ2n) is 6.76. The molecule has 0 saturated carbocycles. The van der Waals surface area contributed by atoms with Crippen LogP contribution in [0.4, 0.5) is 0 Å². The third kappa shape index (κ3) is 2.54. The average molecular weight is 382 g/mol. The van der Waals surface area contributed by atoms with Crippen molar-refractivity contribution in [3.05, 3.63) is 0 Å². The molecule has 2 fully saturated rings. The Morgan fingerprint density at radius 1 is 1.29 bits per heavy atom. The van der Waals surface area contributed by atoms with Gasteiger partial charge < -0.3 is 20.3 Å². The summed E-state index contributed by atoms with van der Waals surface area (Å²) in [4.78, 5) is 24.7. The van der Waals surface area contributed by atoms with Gasteiger partial charge >= 0.3 is 5.97 Å². The summed E-state index contributed by atoms with van der Waals surface area (Å²) in [5.74, 6) is -2.12. The third-order valence-corrected chi connectivity index (χ3v) is 6.41. The molecule has 2 unspecified atom stereocenters. The highest BCUT2D eigenvalue weighted by Gasteiger charge is 2.79. The van der Waals surface area contributed by atoms with E-state index in [2.05, 4.69) is 5.32 Å². The molecule has 0 spiro atoms. The lowest BCUT2D eigenvalue weighted by Gasteiger charge is -2.55. The zero-order valence-corrected chi connectivity index (χ0v) is 15.6. The van der Waals surface area contributed by atoms with Crippen molar-refractivity contribution in [2.24, 2.45) is 11.8 Å². The summed E-state index contributed by atoms with van der Waals surface area (Å²) in [6.07, 6.45) is -1.07. The molecule has 2 aliphatic heterocycles. The van der Waals surface area contributed by atoms with E-state index in [-0.39, 0.29) is 11.8 Å². The van der Waals surface area contributed by atoms with Crippen LogP contribution in [0.1, 0.15) is 40.0 Å². The number of esters is 1. The van der Waals surface area contributed by atoms with E-state index in [0.717, 1.165) is 0 Å². The van der Waals surface area contributed by atoms with Gasteiger partial charge in [0.1, 0.15) is 0 Å². The van der Waals surface area contributed by atoms with Crippen molar-refractivity contribution in [2.45, 2.75) is 68.8 Å². The molecule has 24 heavy (non-hydrogen) atoms. The maximum atomic E-state index is 12.4. The van der Waals surface area contributed by atoms with E-state index >= 15 is 0 Å². The molecule has 0 aromatic rings. The van der Waals surface area contributed by atoms with Crippen LogP contribution in [0.3, 0.4) is 0 Å². The van der Waals surface area contributed by atoms with E-state index in [0.29, 0.717) is 19.3 Å². The number of fused-ring (bicyclic) bond motifs is 1. The molecule has 6 nitrogen and oxygen atoms in total. The number of aliphatic hydroxyl groups is 2. The van der Waals surface area contributed by atoms with Crippen molar-refractivity contribution >= 4 is 35.1 Å².